The molecule has 1 fully saturated rings. The van der Waals surface area contributed by atoms with Crippen LogP contribution in [0.1, 0.15) is 42.1 Å². The molecule has 4 nitrogen and oxygen atoms in total. The van der Waals surface area contributed by atoms with Crippen LogP contribution in [0.25, 0.3) is 5.65 Å². The van der Waals surface area contributed by atoms with Gasteiger partial charge >= 0.3 is 0 Å². The predicted octanol–water partition coefficient (Wildman–Crippen LogP) is 2.42. The Balaban J connectivity index is 2.30. The SMILES string of the molecule is N#Cc1cnn2c(C(F)F)cc(C3CC3)nc12. The number of hydrogen-bond donors (Lipinski definition) is 0. The van der Waals surface area contributed by atoms with Crippen molar-refractivity contribution >= 4 is 5.65 Å². The lowest BCUT2D eigenvalue weighted by Crippen LogP contribution is -2.03. The first-order valence-electron chi connectivity index (χ1n) is 5.27. The second-order valence-corrected chi connectivity index (χ2v) is 4.09. The molecule has 0 N–H and O–H groups in total. The van der Waals surface area contributed by atoms with Crippen LogP contribution in [-0.2, 0) is 0 Å². The van der Waals surface area contributed by atoms with Gasteiger partial charge in [0.1, 0.15) is 17.3 Å². The van der Waals surface area contributed by atoms with Crippen molar-refractivity contribution in [2.45, 2.75) is 25.2 Å². The molecule has 0 amide bonds. The Morgan fingerprint density at radius 2 is 2.24 bits per heavy atom. The van der Waals surface area contributed by atoms with Crippen LogP contribution in [0.5, 0.6) is 0 Å². The van der Waals surface area contributed by atoms with Crippen LogP contribution in [0.2, 0.25) is 0 Å². The molecular weight excluding hydrogens is 226 g/mol. The Bertz CT molecular complexity index is 622. The first kappa shape index (κ1) is 10.1. The van der Waals surface area contributed by atoms with Crippen LogP contribution in [-0.4, -0.2) is 14.6 Å². The average Bonchev–Trinajstić information content (AvgIpc) is 3.08. The summed E-state index contributed by atoms with van der Waals surface area (Å²) in [5.41, 5.74) is 0.907. The van der Waals surface area contributed by atoms with Gasteiger partial charge < -0.3 is 0 Å². The largest absolute Gasteiger partial charge is 0.280 e. The minimum absolute atomic E-state index is 0.196. The Morgan fingerprint density at radius 1 is 1.47 bits per heavy atom. The molecule has 0 radical (unpaired) electrons. The van der Waals surface area contributed by atoms with E-state index in [1.165, 1.54) is 12.3 Å². The van der Waals surface area contributed by atoms with E-state index in [0.717, 1.165) is 17.4 Å². The Morgan fingerprint density at radius 3 is 2.82 bits per heavy atom. The molecule has 0 saturated heterocycles. The first-order chi connectivity index (χ1) is 8.20. The Hall–Kier alpha value is -2.03. The van der Waals surface area contributed by atoms with Crippen LogP contribution in [0.3, 0.4) is 0 Å². The molecule has 0 spiro atoms. The van der Waals surface area contributed by atoms with E-state index in [0.29, 0.717) is 5.69 Å². The van der Waals surface area contributed by atoms with Crippen molar-refractivity contribution in [3.05, 3.63) is 29.2 Å². The highest BCUT2D eigenvalue weighted by molar-refractivity contribution is 5.55. The fourth-order valence-corrected chi connectivity index (χ4v) is 1.83. The normalized spacial score (nSPS) is 15.4. The third-order valence-corrected chi connectivity index (χ3v) is 2.86. The summed E-state index contributed by atoms with van der Waals surface area (Å²) in [7, 11) is 0. The molecule has 1 aliphatic carbocycles. The van der Waals surface area contributed by atoms with Gasteiger partial charge in [0.25, 0.3) is 6.43 Å². The van der Waals surface area contributed by atoms with E-state index in [1.807, 2.05) is 6.07 Å². The molecule has 3 rings (SSSR count). The predicted molar refractivity (Wildman–Crippen MR) is 54.6 cm³/mol. The molecule has 17 heavy (non-hydrogen) atoms. The van der Waals surface area contributed by atoms with E-state index in [4.69, 9.17) is 5.26 Å². The summed E-state index contributed by atoms with van der Waals surface area (Å²) in [6.07, 6.45) is 0.596. The van der Waals surface area contributed by atoms with Gasteiger partial charge in [-0.25, -0.2) is 18.3 Å². The molecule has 0 bridgehead atoms. The van der Waals surface area contributed by atoms with Crippen molar-refractivity contribution in [1.29, 1.82) is 5.26 Å². The molecule has 1 saturated carbocycles. The van der Waals surface area contributed by atoms with Gasteiger partial charge in [0, 0.05) is 11.6 Å². The fourth-order valence-electron chi connectivity index (χ4n) is 1.83. The number of hydrogen-bond acceptors (Lipinski definition) is 3. The zero-order valence-corrected chi connectivity index (χ0v) is 8.77. The number of nitrogens with zero attached hydrogens (tertiary/aromatic N) is 4. The molecule has 0 aliphatic heterocycles. The third kappa shape index (κ3) is 1.55. The Labute approximate surface area is 95.5 Å². The lowest BCUT2D eigenvalue weighted by atomic mass is 10.2. The van der Waals surface area contributed by atoms with E-state index in [1.54, 1.807) is 0 Å². The summed E-state index contributed by atoms with van der Waals surface area (Å²) in [6.45, 7) is 0. The van der Waals surface area contributed by atoms with Crippen LogP contribution in [0.15, 0.2) is 12.3 Å². The summed E-state index contributed by atoms with van der Waals surface area (Å²) in [5.74, 6) is 0.263. The highest BCUT2D eigenvalue weighted by atomic mass is 19.3. The van der Waals surface area contributed by atoms with Crippen molar-refractivity contribution in [3.63, 3.8) is 0 Å². The summed E-state index contributed by atoms with van der Waals surface area (Å²) >= 11 is 0. The topological polar surface area (TPSA) is 54.0 Å². The van der Waals surface area contributed by atoms with Gasteiger partial charge in [0.2, 0.25) is 0 Å². The highest BCUT2D eigenvalue weighted by Crippen LogP contribution is 2.40. The molecular formula is C11H8F2N4. The number of nitriles is 1. The van der Waals surface area contributed by atoms with Gasteiger partial charge in [0.15, 0.2) is 5.65 Å². The van der Waals surface area contributed by atoms with Gasteiger partial charge in [0.05, 0.1) is 6.20 Å². The van der Waals surface area contributed by atoms with Gasteiger partial charge in [-0.15, -0.1) is 0 Å². The number of alkyl halides is 2. The van der Waals surface area contributed by atoms with Gasteiger partial charge in [-0.1, -0.05) is 0 Å². The van der Waals surface area contributed by atoms with Crippen molar-refractivity contribution in [2.75, 3.05) is 0 Å². The molecule has 0 unspecified atom stereocenters. The highest BCUT2D eigenvalue weighted by Gasteiger charge is 2.28. The van der Waals surface area contributed by atoms with E-state index in [9.17, 15) is 8.78 Å². The molecule has 0 aromatic carbocycles. The molecule has 2 heterocycles. The van der Waals surface area contributed by atoms with Crippen LogP contribution in [0.4, 0.5) is 8.78 Å². The maximum Gasteiger partial charge on any atom is 0.280 e. The van der Waals surface area contributed by atoms with Crippen molar-refractivity contribution in [2.24, 2.45) is 0 Å². The second-order valence-electron chi connectivity index (χ2n) is 4.09. The van der Waals surface area contributed by atoms with Crippen LogP contribution >= 0.6 is 0 Å². The maximum atomic E-state index is 12.9. The first-order valence-corrected chi connectivity index (χ1v) is 5.27. The number of aromatic nitrogens is 3. The van der Waals surface area contributed by atoms with Gasteiger partial charge in [-0.2, -0.15) is 10.4 Å². The second kappa shape index (κ2) is 3.48. The van der Waals surface area contributed by atoms with E-state index in [2.05, 4.69) is 10.1 Å². The van der Waals surface area contributed by atoms with Crippen LogP contribution < -0.4 is 0 Å². The monoisotopic (exact) mass is 234 g/mol. The number of rotatable bonds is 2. The van der Waals surface area contributed by atoms with E-state index in [-0.39, 0.29) is 22.8 Å². The van der Waals surface area contributed by atoms with E-state index >= 15 is 0 Å². The molecule has 2 aromatic rings. The number of halogens is 2. The zero-order valence-electron chi connectivity index (χ0n) is 8.77. The number of fused-ring (bicyclic) bond motifs is 1. The molecule has 0 atom stereocenters. The molecule has 6 heteroatoms. The van der Waals surface area contributed by atoms with Gasteiger partial charge in [-0.05, 0) is 18.9 Å². The van der Waals surface area contributed by atoms with Gasteiger partial charge in [-0.3, -0.25) is 0 Å². The molecule has 2 aromatic heterocycles. The molecule has 86 valence electrons. The van der Waals surface area contributed by atoms with Crippen molar-refractivity contribution in [3.8, 4) is 6.07 Å². The van der Waals surface area contributed by atoms with E-state index < -0.39 is 6.43 Å². The standard InChI is InChI=1S/C11H8F2N4/c12-10(13)9-3-8(6-1-2-6)16-11-7(4-14)5-15-17(9)11/h3,5-6,10H,1-2H2. The van der Waals surface area contributed by atoms with Crippen molar-refractivity contribution in [1.82, 2.24) is 14.6 Å². The molecule has 1 aliphatic rings. The van der Waals surface area contributed by atoms with Crippen molar-refractivity contribution < 1.29 is 8.78 Å². The summed E-state index contributed by atoms with van der Waals surface area (Å²) in [6, 6.07) is 3.30. The maximum absolute atomic E-state index is 12.9. The minimum atomic E-state index is -2.62. The Kier molecular flexibility index (Phi) is 2.08. The average molecular weight is 234 g/mol. The summed E-state index contributed by atoms with van der Waals surface area (Å²) < 4.78 is 26.9. The fraction of sp³-hybridized carbons (Fsp3) is 0.364. The zero-order chi connectivity index (χ0) is 12.0. The lowest BCUT2D eigenvalue weighted by molar-refractivity contribution is 0.143. The third-order valence-electron chi connectivity index (χ3n) is 2.86. The summed E-state index contributed by atoms with van der Waals surface area (Å²) in [5, 5.41) is 12.7. The summed E-state index contributed by atoms with van der Waals surface area (Å²) in [4.78, 5) is 4.26. The lowest BCUT2D eigenvalue weighted by Gasteiger charge is -2.06. The minimum Gasteiger partial charge on any atom is -0.232 e. The quantitative estimate of drug-likeness (QED) is 0.801. The smallest absolute Gasteiger partial charge is 0.232 e. The van der Waals surface area contributed by atoms with Crippen LogP contribution in [0, 0.1) is 11.3 Å².